The molecular formula is C28H30F5N5O3. The van der Waals surface area contributed by atoms with Crippen LogP contribution >= 0.6 is 0 Å². The van der Waals surface area contributed by atoms with Crippen molar-refractivity contribution < 1.29 is 36.2 Å². The van der Waals surface area contributed by atoms with Gasteiger partial charge in [0, 0.05) is 74.7 Å². The lowest BCUT2D eigenvalue weighted by atomic mass is 9.79. The molecule has 5 rings (SSSR count). The van der Waals surface area contributed by atoms with Gasteiger partial charge in [-0.15, -0.1) is 0 Å². The van der Waals surface area contributed by atoms with E-state index >= 15 is 8.78 Å². The second-order valence-electron chi connectivity index (χ2n) is 10.6. The molecule has 1 amide bonds. The Morgan fingerprint density at radius 2 is 1.80 bits per heavy atom. The summed E-state index contributed by atoms with van der Waals surface area (Å²) in [4.78, 5) is 22.6. The van der Waals surface area contributed by atoms with Gasteiger partial charge < -0.3 is 25.0 Å². The molecule has 2 fully saturated rings. The van der Waals surface area contributed by atoms with Crippen LogP contribution in [0.25, 0.3) is 5.57 Å². The summed E-state index contributed by atoms with van der Waals surface area (Å²) in [6.07, 6.45) is -0.265. The maximum Gasteiger partial charge on any atom is 0.409 e. The first-order valence-corrected chi connectivity index (χ1v) is 13.1. The summed E-state index contributed by atoms with van der Waals surface area (Å²) in [7, 11) is 2.28. The third-order valence-corrected chi connectivity index (χ3v) is 8.11. The van der Waals surface area contributed by atoms with Gasteiger partial charge in [-0.3, -0.25) is 14.8 Å². The van der Waals surface area contributed by atoms with Crippen molar-refractivity contribution in [2.75, 3.05) is 38.8 Å². The van der Waals surface area contributed by atoms with E-state index < -0.39 is 53.0 Å². The Kier molecular flexibility index (Phi) is 7.33. The van der Waals surface area contributed by atoms with Gasteiger partial charge in [0.2, 0.25) is 5.91 Å². The van der Waals surface area contributed by atoms with Crippen molar-refractivity contribution >= 4 is 23.4 Å². The number of likely N-dealkylation sites (tertiary alicyclic amines) is 1. The number of benzene rings is 1. The van der Waals surface area contributed by atoms with Crippen molar-refractivity contribution in [3.05, 3.63) is 53.0 Å². The monoisotopic (exact) mass is 579 g/mol. The molecule has 41 heavy (non-hydrogen) atoms. The number of halogens is 5. The molecule has 1 unspecified atom stereocenters. The summed E-state index contributed by atoms with van der Waals surface area (Å²) in [6.45, 7) is 2.75. The topological polar surface area (TPSA) is 93.3 Å². The zero-order chi connectivity index (χ0) is 29.7. The molecule has 2 aliphatic heterocycles. The van der Waals surface area contributed by atoms with E-state index in [1.165, 1.54) is 25.5 Å². The number of pyridine rings is 1. The van der Waals surface area contributed by atoms with Crippen LogP contribution in [0.5, 0.6) is 11.5 Å². The van der Waals surface area contributed by atoms with E-state index in [9.17, 15) is 18.0 Å². The third kappa shape index (κ3) is 4.95. The van der Waals surface area contributed by atoms with Crippen LogP contribution in [0.4, 0.5) is 27.6 Å². The number of carbonyl (C=O) groups is 1. The highest BCUT2D eigenvalue weighted by molar-refractivity contribution is 6.08. The van der Waals surface area contributed by atoms with Gasteiger partial charge in [-0.1, -0.05) is 0 Å². The number of fused-ring (bicyclic) bond motifs is 2. The number of amides is 1. The normalized spacial score (nSPS) is 20.3. The molecule has 220 valence electrons. The first-order valence-electron chi connectivity index (χ1n) is 13.1. The number of hydrogen-bond acceptors (Lipinski definition) is 7. The second-order valence-corrected chi connectivity index (χ2v) is 10.6. The van der Waals surface area contributed by atoms with Crippen LogP contribution in [0.2, 0.25) is 0 Å². The number of carbonyl (C=O) groups excluding carboxylic acids is 1. The fraction of sp³-hybridized carbons (Fsp3) is 0.464. The van der Waals surface area contributed by atoms with Crippen LogP contribution in [0.1, 0.15) is 36.6 Å². The van der Waals surface area contributed by atoms with Crippen molar-refractivity contribution in [3.8, 4) is 11.5 Å². The smallest absolute Gasteiger partial charge is 0.409 e. The molecule has 2 N–H and O–H groups in total. The van der Waals surface area contributed by atoms with Gasteiger partial charge in [-0.05, 0) is 30.0 Å². The number of aliphatic imine (C=N–C) groups is 1. The highest BCUT2D eigenvalue weighted by atomic mass is 19.4. The molecule has 0 radical (unpaired) electrons. The standard InChI is InChI=1S/C28H30F5N5O3/c1-15(39)37-12-16(13-37)9-35-10-17(8-34)20-6-19-18(11-36-20)14-38(26(28(31,32)33)27(19)4-5-27)25-23(29)21(40-2)7-22(41-3)24(25)30/h6-8,10-11,16,26H,4-5,9,12-14,34H2,1-3H3. The Hall–Kier alpha value is -3.90. The molecule has 1 spiro atoms. The molecular weight excluding hydrogens is 549 g/mol. The first kappa shape index (κ1) is 28.6. The van der Waals surface area contributed by atoms with Crippen LogP contribution in [0.15, 0.2) is 29.5 Å². The molecule has 1 atom stereocenters. The van der Waals surface area contributed by atoms with Crippen LogP contribution in [0.3, 0.4) is 0 Å². The van der Waals surface area contributed by atoms with Crippen molar-refractivity contribution in [2.45, 2.75) is 43.9 Å². The molecule has 2 aromatic rings. The van der Waals surface area contributed by atoms with Crippen LogP contribution in [0, 0.1) is 17.6 Å². The van der Waals surface area contributed by atoms with Crippen LogP contribution in [-0.4, -0.2) is 68.1 Å². The summed E-state index contributed by atoms with van der Waals surface area (Å²) in [6, 6.07) is 0.325. The highest BCUT2D eigenvalue weighted by Crippen LogP contribution is 2.61. The van der Waals surface area contributed by atoms with Crippen molar-refractivity contribution in [1.82, 2.24) is 9.88 Å². The molecule has 3 heterocycles. The van der Waals surface area contributed by atoms with Crippen LogP contribution < -0.4 is 20.1 Å². The van der Waals surface area contributed by atoms with E-state index in [4.69, 9.17) is 15.2 Å². The number of ether oxygens (including phenoxy) is 2. The zero-order valence-electron chi connectivity index (χ0n) is 22.8. The minimum absolute atomic E-state index is 0.00628. The average molecular weight is 580 g/mol. The minimum Gasteiger partial charge on any atom is -0.493 e. The Labute approximate surface area is 233 Å². The van der Waals surface area contributed by atoms with Crippen molar-refractivity contribution in [2.24, 2.45) is 16.6 Å². The third-order valence-electron chi connectivity index (χ3n) is 8.11. The molecule has 0 bridgehead atoms. The van der Waals surface area contributed by atoms with Crippen molar-refractivity contribution in [1.29, 1.82) is 0 Å². The van der Waals surface area contributed by atoms with Gasteiger partial charge in [0.25, 0.3) is 0 Å². The van der Waals surface area contributed by atoms with E-state index in [-0.39, 0.29) is 24.7 Å². The Morgan fingerprint density at radius 3 is 2.32 bits per heavy atom. The van der Waals surface area contributed by atoms with Gasteiger partial charge in [-0.25, -0.2) is 8.78 Å². The summed E-state index contributed by atoms with van der Waals surface area (Å²) in [5.41, 5.74) is 5.13. The van der Waals surface area contributed by atoms with Gasteiger partial charge in [-0.2, -0.15) is 13.2 Å². The summed E-state index contributed by atoms with van der Waals surface area (Å²) in [5.74, 6) is -3.13. The maximum absolute atomic E-state index is 15.4. The molecule has 8 nitrogen and oxygen atoms in total. The van der Waals surface area contributed by atoms with Gasteiger partial charge in [0.15, 0.2) is 23.1 Å². The first-order chi connectivity index (χ1) is 19.4. The fourth-order valence-corrected chi connectivity index (χ4v) is 5.89. The quantitative estimate of drug-likeness (QED) is 0.391. The lowest BCUT2D eigenvalue weighted by Crippen LogP contribution is -2.56. The number of hydrogen-bond donors (Lipinski definition) is 1. The van der Waals surface area contributed by atoms with E-state index in [0.29, 0.717) is 42.0 Å². The lowest BCUT2D eigenvalue weighted by molar-refractivity contribution is -0.158. The van der Waals surface area contributed by atoms with Crippen molar-refractivity contribution in [3.63, 3.8) is 0 Å². The second kappa shape index (κ2) is 10.5. The van der Waals surface area contributed by atoms with E-state index in [1.54, 1.807) is 11.0 Å². The molecule has 1 saturated carbocycles. The van der Waals surface area contributed by atoms with Gasteiger partial charge in [0.1, 0.15) is 11.7 Å². The molecule has 1 aromatic carbocycles. The molecule has 1 aliphatic carbocycles. The number of methoxy groups -OCH3 is 2. The molecule has 1 aromatic heterocycles. The van der Waals surface area contributed by atoms with E-state index in [0.717, 1.165) is 25.2 Å². The Morgan fingerprint density at radius 1 is 1.17 bits per heavy atom. The number of aromatic nitrogens is 1. The van der Waals surface area contributed by atoms with E-state index in [2.05, 4.69) is 9.98 Å². The van der Waals surface area contributed by atoms with E-state index in [1.807, 2.05) is 0 Å². The summed E-state index contributed by atoms with van der Waals surface area (Å²) < 4.78 is 85.1. The number of nitrogens with two attached hydrogens (primary N) is 1. The SMILES string of the molecule is COc1cc(OC)c(F)c(N2Cc3cnc(C(C=NCC4CN(C(C)=O)C4)=CN)cc3C3(CC3)C2C(F)(F)F)c1F. The molecule has 13 heteroatoms. The fourth-order valence-electron chi connectivity index (χ4n) is 5.89. The molecule has 3 aliphatic rings. The maximum atomic E-state index is 15.4. The largest absolute Gasteiger partial charge is 0.493 e. The number of rotatable bonds is 7. The van der Waals surface area contributed by atoms with Crippen LogP contribution in [-0.2, 0) is 16.8 Å². The Balaban J connectivity index is 1.50. The number of anilines is 1. The lowest BCUT2D eigenvalue weighted by Gasteiger charge is -2.45. The predicted octanol–water partition coefficient (Wildman–Crippen LogP) is 4.21. The predicted molar refractivity (Wildman–Crippen MR) is 142 cm³/mol. The average Bonchev–Trinajstić information content (AvgIpc) is 3.67. The number of nitrogens with zero attached hydrogens (tertiary/aromatic N) is 4. The zero-order valence-corrected chi connectivity index (χ0v) is 22.8. The number of alkyl halides is 3. The number of allylic oxidation sites excluding steroid dienone is 1. The minimum atomic E-state index is -4.82. The molecule has 1 saturated heterocycles. The summed E-state index contributed by atoms with van der Waals surface area (Å²) in [5, 5.41) is 0. The highest BCUT2D eigenvalue weighted by Gasteiger charge is 2.66. The van der Waals surface area contributed by atoms with Gasteiger partial charge in [0.05, 0.1) is 19.9 Å². The summed E-state index contributed by atoms with van der Waals surface area (Å²) >= 11 is 0. The van der Waals surface area contributed by atoms with Gasteiger partial charge >= 0.3 is 6.18 Å². The Bertz CT molecular complexity index is 1390.